The first-order valence-corrected chi connectivity index (χ1v) is 5.83. The van der Waals surface area contributed by atoms with Gasteiger partial charge in [-0.1, -0.05) is 18.2 Å². The van der Waals surface area contributed by atoms with Crippen molar-refractivity contribution in [3.63, 3.8) is 0 Å². The molecule has 1 aliphatic rings. The molecule has 2 rings (SSSR count). The van der Waals surface area contributed by atoms with Crippen LogP contribution in [0.15, 0.2) is 24.3 Å². The second-order valence-corrected chi connectivity index (χ2v) is 4.61. The number of epoxide rings is 1. The molecular formula is C11H13IO2. The summed E-state index contributed by atoms with van der Waals surface area (Å²) in [6.07, 6.45) is 0.506. The smallest absolute Gasteiger partial charge is 0.104 e. The van der Waals surface area contributed by atoms with Crippen LogP contribution in [0.3, 0.4) is 0 Å². The monoisotopic (exact) mass is 304 g/mol. The van der Waals surface area contributed by atoms with Gasteiger partial charge in [0, 0.05) is 3.57 Å². The van der Waals surface area contributed by atoms with Crippen molar-refractivity contribution in [3.05, 3.63) is 33.4 Å². The second-order valence-electron chi connectivity index (χ2n) is 3.45. The molecule has 1 aromatic rings. The fourth-order valence-electron chi connectivity index (χ4n) is 1.31. The maximum Gasteiger partial charge on any atom is 0.104 e. The van der Waals surface area contributed by atoms with Gasteiger partial charge in [-0.3, -0.25) is 0 Å². The van der Waals surface area contributed by atoms with E-state index < -0.39 is 0 Å². The lowest BCUT2D eigenvalue weighted by atomic mass is 10.1. The van der Waals surface area contributed by atoms with E-state index in [4.69, 9.17) is 9.47 Å². The quantitative estimate of drug-likeness (QED) is 0.630. The van der Waals surface area contributed by atoms with Gasteiger partial charge in [0.2, 0.25) is 0 Å². The summed E-state index contributed by atoms with van der Waals surface area (Å²) in [5, 5.41) is 0. The molecule has 1 aliphatic heterocycles. The number of rotatable bonds is 4. The molecule has 1 aromatic carbocycles. The predicted molar refractivity (Wildman–Crippen MR) is 63.3 cm³/mol. The minimum Gasteiger partial charge on any atom is -0.371 e. The number of hydrogen-bond donors (Lipinski definition) is 0. The fourth-order valence-corrected chi connectivity index (χ4v) is 2.14. The van der Waals surface area contributed by atoms with Gasteiger partial charge >= 0.3 is 0 Å². The van der Waals surface area contributed by atoms with Crippen molar-refractivity contribution in [2.24, 2.45) is 0 Å². The van der Waals surface area contributed by atoms with Crippen LogP contribution in [0.5, 0.6) is 0 Å². The second kappa shape index (κ2) is 4.59. The third-order valence-corrected chi connectivity index (χ3v) is 3.26. The third-order valence-electron chi connectivity index (χ3n) is 2.28. The summed E-state index contributed by atoms with van der Waals surface area (Å²) >= 11 is 2.34. The molecule has 0 radical (unpaired) electrons. The molecule has 0 bridgehead atoms. The summed E-state index contributed by atoms with van der Waals surface area (Å²) in [6.45, 7) is 3.66. The molecule has 0 unspecified atom stereocenters. The molecule has 0 aliphatic carbocycles. The lowest BCUT2D eigenvalue weighted by Crippen LogP contribution is -2.07. The molecule has 0 saturated carbocycles. The van der Waals surface area contributed by atoms with Crippen LogP contribution >= 0.6 is 22.6 Å². The van der Waals surface area contributed by atoms with Crippen molar-refractivity contribution < 1.29 is 9.47 Å². The van der Waals surface area contributed by atoms with Crippen molar-refractivity contribution in [2.45, 2.75) is 19.1 Å². The Balaban J connectivity index is 1.95. The zero-order chi connectivity index (χ0) is 9.97. The van der Waals surface area contributed by atoms with Crippen molar-refractivity contribution in [1.82, 2.24) is 0 Å². The fraction of sp³-hybridized carbons (Fsp3) is 0.455. The molecule has 0 aromatic heterocycles. The van der Waals surface area contributed by atoms with Gasteiger partial charge in [0.15, 0.2) is 0 Å². The highest BCUT2D eigenvalue weighted by molar-refractivity contribution is 14.1. The van der Waals surface area contributed by atoms with Crippen LogP contribution < -0.4 is 0 Å². The van der Waals surface area contributed by atoms with Crippen molar-refractivity contribution in [1.29, 1.82) is 0 Å². The molecule has 0 spiro atoms. The summed E-state index contributed by atoms with van der Waals surface area (Å²) in [6, 6.07) is 8.30. The molecule has 1 saturated heterocycles. The largest absolute Gasteiger partial charge is 0.371 e. The van der Waals surface area contributed by atoms with Gasteiger partial charge in [0.25, 0.3) is 0 Å². The lowest BCUT2D eigenvalue weighted by molar-refractivity contribution is 0.0535. The minimum absolute atomic E-state index is 0.160. The SMILES string of the molecule is C[C@H](OC[C@H]1CO1)c1ccccc1I. The van der Waals surface area contributed by atoms with Crippen LogP contribution in [0.1, 0.15) is 18.6 Å². The van der Waals surface area contributed by atoms with Crippen LogP contribution in [0.25, 0.3) is 0 Å². The number of ether oxygens (including phenoxy) is 2. The number of hydrogen-bond acceptors (Lipinski definition) is 2. The standard InChI is InChI=1S/C11H13IO2/c1-8(13-6-9-7-14-9)10-4-2-3-5-11(10)12/h2-5,8-9H,6-7H2,1H3/t8-,9-/m0/s1. The summed E-state index contributed by atoms with van der Waals surface area (Å²) in [5.41, 5.74) is 1.26. The molecule has 2 atom stereocenters. The average Bonchev–Trinajstić information content (AvgIpc) is 2.98. The highest BCUT2D eigenvalue weighted by atomic mass is 127. The number of benzene rings is 1. The van der Waals surface area contributed by atoms with Gasteiger partial charge in [0.1, 0.15) is 6.10 Å². The van der Waals surface area contributed by atoms with Gasteiger partial charge in [-0.15, -0.1) is 0 Å². The van der Waals surface area contributed by atoms with Gasteiger partial charge in [-0.05, 0) is 41.1 Å². The summed E-state index contributed by atoms with van der Waals surface area (Å²) in [7, 11) is 0. The molecule has 0 amide bonds. The Morgan fingerprint density at radius 3 is 2.93 bits per heavy atom. The van der Waals surface area contributed by atoms with Crippen LogP contribution in [-0.2, 0) is 9.47 Å². The van der Waals surface area contributed by atoms with Crippen LogP contribution in [0, 0.1) is 3.57 Å². The molecule has 1 heterocycles. The average molecular weight is 304 g/mol. The van der Waals surface area contributed by atoms with Crippen LogP contribution in [0.2, 0.25) is 0 Å². The van der Waals surface area contributed by atoms with Gasteiger partial charge in [0.05, 0.1) is 19.3 Å². The Bertz CT molecular complexity index is 310. The normalized spacial score (nSPS) is 22.0. The highest BCUT2D eigenvalue weighted by Crippen LogP contribution is 2.23. The van der Waals surface area contributed by atoms with Gasteiger partial charge in [-0.25, -0.2) is 0 Å². The Morgan fingerprint density at radius 1 is 1.57 bits per heavy atom. The zero-order valence-electron chi connectivity index (χ0n) is 8.07. The van der Waals surface area contributed by atoms with E-state index >= 15 is 0 Å². The molecule has 14 heavy (non-hydrogen) atoms. The van der Waals surface area contributed by atoms with Gasteiger partial charge < -0.3 is 9.47 Å². The van der Waals surface area contributed by atoms with E-state index in [0.717, 1.165) is 6.61 Å². The van der Waals surface area contributed by atoms with E-state index in [0.29, 0.717) is 12.7 Å². The Labute approximate surface area is 97.7 Å². The summed E-state index contributed by atoms with van der Waals surface area (Å²) < 4.78 is 12.1. The first kappa shape index (κ1) is 10.4. The zero-order valence-corrected chi connectivity index (χ0v) is 10.2. The Hall–Kier alpha value is -0.130. The van der Waals surface area contributed by atoms with E-state index in [2.05, 4.69) is 41.6 Å². The van der Waals surface area contributed by atoms with Crippen molar-refractivity contribution >= 4 is 22.6 Å². The van der Waals surface area contributed by atoms with Crippen LogP contribution in [0.4, 0.5) is 0 Å². The number of halogens is 1. The summed E-state index contributed by atoms with van der Waals surface area (Å²) in [4.78, 5) is 0. The van der Waals surface area contributed by atoms with E-state index in [1.165, 1.54) is 9.13 Å². The molecular weight excluding hydrogens is 291 g/mol. The highest BCUT2D eigenvalue weighted by Gasteiger charge is 2.23. The molecule has 76 valence electrons. The summed E-state index contributed by atoms with van der Waals surface area (Å²) in [5.74, 6) is 0. The van der Waals surface area contributed by atoms with Crippen LogP contribution in [-0.4, -0.2) is 19.3 Å². The maximum absolute atomic E-state index is 5.70. The van der Waals surface area contributed by atoms with E-state index in [9.17, 15) is 0 Å². The third kappa shape index (κ3) is 2.68. The first-order valence-electron chi connectivity index (χ1n) is 4.75. The first-order chi connectivity index (χ1) is 6.77. The molecule has 1 fully saturated rings. The Kier molecular flexibility index (Phi) is 3.41. The molecule has 2 nitrogen and oxygen atoms in total. The van der Waals surface area contributed by atoms with E-state index in [1.54, 1.807) is 0 Å². The van der Waals surface area contributed by atoms with E-state index in [-0.39, 0.29) is 6.10 Å². The molecule has 0 N–H and O–H groups in total. The maximum atomic E-state index is 5.70. The van der Waals surface area contributed by atoms with E-state index in [1.807, 2.05) is 12.1 Å². The minimum atomic E-state index is 0.160. The molecule has 3 heteroatoms. The van der Waals surface area contributed by atoms with Gasteiger partial charge in [-0.2, -0.15) is 0 Å². The predicted octanol–water partition coefficient (Wildman–Crippen LogP) is 2.77. The van der Waals surface area contributed by atoms with Crippen molar-refractivity contribution in [3.8, 4) is 0 Å². The Morgan fingerprint density at radius 2 is 2.29 bits per heavy atom. The van der Waals surface area contributed by atoms with Crippen molar-refractivity contribution in [2.75, 3.05) is 13.2 Å². The lowest BCUT2D eigenvalue weighted by Gasteiger charge is -2.13. The topological polar surface area (TPSA) is 21.8 Å².